The molecule has 2 fully saturated rings. The standard InChI is InChI=1S/C24H25F2N3O2S/c25-17-11-10-16(20(26)14-17)15-28-21-9-5-4-8-19(21)24(22(28)30)29(12-13-32-24)23(31)27-18-6-2-1-3-7-18/h4-5,8-11,14,18H,1-3,6-7,12-13,15H2,(H,27,31)/t24-/m0/s1. The summed E-state index contributed by atoms with van der Waals surface area (Å²) >= 11 is 1.44. The number of hydrogen-bond donors (Lipinski definition) is 1. The lowest BCUT2D eigenvalue weighted by Crippen LogP contribution is -2.55. The number of nitrogens with one attached hydrogen (secondary N) is 1. The fourth-order valence-electron chi connectivity index (χ4n) is 5.04. The van der Waals surface area contributed by atoms with Crippen LogP contribution < -0.4 is 10.2 Å². The molecule has 1 aliphatic carbocycles. The molecule has 2 aromatic carbocycles. The molecule has 0 aromatic heterocycles. The number of hydrogen-bond acceptors (Lipinski definition) is 3. The van der Waals surface area contributed by atoms with Crippen LogP contribution in [0.1, 0.15) is 43.2 Å². The number of anilines is 1. The fraction of sp³-hybridized carbons (Fsp3) is 0.417. The van der Waals surface area contributed by atoms with Gasteiger partial charge in [-0.2, -0.15) is 0 Å². The third-order valence-electron chi connectivity index (χ3n) is 6.62. The predicted molar refractivity (Wildman–Crippen MR) is 120 cm³/mol. The highest BCUT2D eigenvalue weighted by atomic mass is 32.2. The monoisotopic (exact) mass is 457 g/mol. The third kappa shape index (κ3) is 3.45. The Labute approximate surface area is 190 Å². The first-order chi connectivity index (χ1) is 15.5. The number of thioether (sulfide) groups is 1. The Morgan fingerprint density at radius 1 is 1.12 bits per heavy atom. The van der Waals surface area contributed by atoms with Crippen molar-refractivity contribution in [1.29, 1.82) is 0 Å². The molecule has 0 unspecified atom stereocenters. The van der Waals surface area contributed by atoms with E-state index in [1.807, 2.05) is 24.3 Å². The Hall–Kier alpha value is -2.61. The minimum absolute atomic E-state index is 0.0254. The molecule has 1 spiro atoms. The highest BCUT2D eigenvalue weighted by Crippen LogP contribution is 2.54. The molecule has 1 atom stereocenters. The van der Waals surface area contributed by atoms with Gasteiger partial charge in [0.25, 0.3) is 5.91 Å². The first kappa shape index (κ1) is 21.2. The molecule has 1 N–H and O–H groups in total. The lowest BCUT2D eigenvalue weighted by molar-refractivity contribution is -0.123. The quantitative estimate of drug-likeness (QED) is 0.723. The molecule has 168 valence electrons. The van der Waals surface area contributed by atoms with Gasteiger partial charge in [-0.1, -0.05) is 43.5 Å². The van der Waals surface area contributed by atoms with Crippen LogP contribution in [-0.4, -0.2) is 35.2 Å². The van der Waals surface area contributed by atoms with Crippen molar-refractivity contribution in [2.24, 2.45) is 0 Å². The average Bonchev–Trinajstić information content (AvgIpc) is 3.33. The molecule has 2 heterocycles. The molecule has 5 rings (SSSR count). The van der Waals surface area contributed by atoms with Crippen molar-refractivity contribution in [2.75, 3.05) is 17.2 Å². The highest BCUT2D eigenvalue weighted by molar-refractivity contribution is 8.01. The van der Waals surface area contributed by atoms with Crippen LogP contribution >= 0.6 is 11.8 Å². The summed E-state index contributed by atoms with van der Waals surface area (Å²) in [7, 11) is 0. The van der Waals surface area contributed by atoms with Crippen molar-refractivity contribution < 1.29 is 18.4 Å². The number of para-hydroxylation sites is 1. The number of nitrogens with zero attached hydrogens (tertiary/aromatic N) is 2. The third-order valence-corrected chi connectivity index (χ3v) is 8.04. The first-order valence-corrected chi connectivity index (χ1v) is 12.1. The lowest BCUT2D eigenvalue weighted by Gasteiger charge is -2.35. The SMILES string of the molecule is O=C(NC1CCCCC1)N1CCS[C@@]12C(=O)N(Cc1ccc(F)cc1F)c1ccccc12. The van der Waals surface area contributed by atoms with Gasteiger partial charge < -0.3 is 10.2 Å². The molecule has 3 amide bonds. The molecule has 5 nitrogen and oxygen atoms in total. The summed E-state index contributed by atoms with van der Waals surface area (Å²) in [4.78, 5) is 29.2. The van der Waals surface area contributed by atoms with E-state index in [2.05, 4.69) is 5.32 Å². The minimum atomic E-state index is -1.16. The van der Waals surface area contributed by atoms with Gasteiger partial charge in [-0.05, 0) is 25.0 Å². The first-order valence-electron chi connectivity index (χ1n) is 11.1. The smallest absolute Gasteiger partial charge is 0.319 e. The van der Waals surface area contributed by atoms with Crippen molar-refractivity contribution in [3.8, 4) is 0 Å². The number of benzene rings is 2. The molecule has 0 bridgehead atoms. The van der Waals surface area contributed by atoms with Crippen molar-refractivity contribution in [2.45, 2.75) is 49.6 Å². The molecule has 2 aliphatic heterocycles. The number of rotatable bonds is 3. The van der Waals surface area contributed by atoms with Gasteiger partial charge in [0.2, 0.25) is 0 Å². The largest absolute Gasteiger partial charge is 0.335 e. The molecule has 32 heavy (non-hydrogen) atoms. The maximum Gasteiger partial charge on any atom is 0.319 e. The van der Waals surface area contributed by atoms with Gasteiger partial charge in [0, 0.05) is 35.5 Å². The van der Waals surface area contributed by atoms with E-state index in [1.54, 1.807) is 4.90 Å². The Balaban J connectivity index is 1.48. The summed E-state index contributed by atoms with van der Waals surface area (Å²) in [5, 5.41) is 3.14. The van der Waals surface area contributed by atoms with Crippen LogP contribution in [0.2, 0.25) is 0 Å². The molecule has 8 heteroatoms. The van der Waals surface area contributed by atoms with E-state index in [9.17, 15) is 18.4 Å². The molecule has 1 saturated heterocycles. The van der Waals surface area contributed by atoms with Crippen LogP contribution in [0.5, 0.6) is 0 Å². The van der Waals surface area contributed by atoms with Gasteiger partial charge in [-0.25, -0.2) is 13.6 Å². The molecular weight excluding hydrogens is 432 g/mol. The molecule has 1 saturated carbocycles. The van der Waals surface area contributed by atoms with Crippen molar-refractivity contribution in [1.82, 2.24) is 10.2 Å². The molecular formula is C24H25F2N3O2S. The number of carbonyl (C=O) groups is 2. The van der Waals surface area contributed by atoms with Gasteiger partial charge >= 0.3 is 6.03 Å². The number of carbonyl (C=O) groups excluding carboxylic acids is 2. The van der Waals surface area contributed by atoms with Gasteiger partial charge in [-0.15, -0.1) is 11.8 Å². The summed E-state index contributed by atoms with van der Waals surface area (Å²) in [5.74, 6) is -0.976. The topological polar surface area (TPSA) is 52.7 Å². The van der Waals surface area contributed by atoms with E-state index in [1.165, 1.54) is 35.2 Å². The summed E-state index contributed by atoms with van der Waals surface area (Å²) in [6.45, 7) is 0.435. The molecule has 2 aromatic rings. The fourth-order valence-corrected chi connectivity index (χ4v) is 6.51. The number of fused-ring (bicyclic) bond motifs is 2. The summed E-state index contributed by atoms with van der Waals surface area (Å²) < 4.78 is 27.8. The van der Waals surface area contributed by atoms with E-state index in [4.69, 9.17) is 0 Å². The van der Waals surface area contributed by atoms with Crippen LogP contribution in [0.25, 0.3) is 0 Å². The van der Waals surface area contributed by atoms with E-state index >= 15 is 0 Å². The van der Waals surface area contributed by atoms with Crippen LogP contribution in [0, 0.1) is 11.6 Å². The van der Waals surface area contributed by atoms with Gasteiger partial charge in [0.15, 0.2) is 4.87 Å². The highest BCUT2D eigenvalue weighted by Gasteiger charge is 2.59. The predicted octanol–water partition coefficient (Wildman–Crippen LogP) is 4.76. The second-order valence-electron chi connectivity index (χ2n) is 8.57. The number of urea groups is 1. The Morgan fingerprint density at radius 3 is 2.69 bits per heavy atom. The Bertz CT molecular complexity index is 1060. The van der Waals surface area contributed by atoms with E-state index < -0.39 is 16.5 Å². The van der Waals surface area contributed by atoms with Crippen LogP contribution in [0.15, 0.2) is 42.5 Å². The maximum absolute atomic E-state index is 14.4. The molecule has 0 radical (unpaired) electrons. The van der Waals surface area contributed by atoms with E-state index in [0.717, 1.165) is 37.3 Å². The zero-order valence-corrected chi connectivity index (χ0v) is 18.5. The second kappa shape index (κ2) is 8.39. The van der Waals surface area contributed by atoms with Crippen molar-refractivity contribution >= 4 is 29.4 Å². The van der Waals surface area contributed by atoms with E-state index in [-0.39, 0.29) is 30.1 Å². The van der Waals surface area contributed by atoms with Gasteiger partial charge in [-0.3, -0.25) is 9.69 Å². The van der Waals surface area contributed by atoms with Gasteiger partial charge in [0.05, 0.1) is 12.2 Å². The zero-order chi connectivity index (χ0) is 22.3. The van der Waals surface area contributed by atoms with Gasteiger partial charge in [0.1, 0.15) is 11.6 Å². The van der Waals surface area contributed by atoms with Crippen LogP contribution in [0.3, 0.4) is 0 Å². The van der Waals surface area contributed by atoms with E-state index in [0.29, 0.717) is 18.0 Å². The average molecular weight is 458 g/mol. The lowest BCUT2D eigenvalue weighted by atomic mass is 9.95. The van der Waals surface area contributed by atoms with Crippen molar-refractivity contribution in [3.63, 3.8) is 0 Å². The summed E-state index contributed by atoms with van der Waals surface area (Å²) in [6, 6.07) is 10.7. The van der Waals surface area contributed by atoms with Crippen LogP contribution in [0.4, 0.5) is 19.3 Å². The zero-order valence-electron chi connectivity index (χ0n) is 17.7. The van der Waals surface area contributed by atoms with Crippen molar-refractivity contribution in [3.05, 3.63) is 65.2 Å². The van der Waals surface area contributed by atoms with Crippen LogP contribution in [-0.2, 0) is 16.2 Å². The summed E-state index contributed by atoms with van der Waals surface area (Å²) in [5.41, 5.74) is 1.63. The Morgan fingerprint density at radius 2 is 1.91 bits per heavy atom. The number of amides is 3. The minimum Gasteiger partial charge on any atom is -0.335 e. The Kier molecular flexibility index (Phi) is 5.57. The second-order valence-corrected chi connectivity index (χ2v) is 9.86. The normalized spacial score (nSPS) is 23.1. The maximum atomic E-state index is 14.4. The number of halogens is 2. The summed E-state index contributed by atoms with van der Waals surface area (Å²) in [6.07, 6.45) is 5.31. The molecule has 3 aliphatic rings.